The van der Waals surface area contributed by atoms with E-state index in [1.807, 2.05) is 20.8 Å². The minimum absolute atomic E-state index is 0.0218. The van der Waals surface area contributed by atoms with Gasteiger partial charge in [0.1, 0.15) is 11.6 Å². The zero-order valence-corrected chi connectivity index (χ0v) is 17.0. The Labute approximate surface area is 158 Å². The van der Waals surface area contributed by atoms with E-state index in [0.717, 1.165) is 25.3 Å². The number of unbranched alkanes of at least 4 members (excludes halogenated alkanes) is 5. The Morgan fingerprint density at radius 3 is 2.12 bits per heavy atom. The smallest absolute Gasteiger partial charge is 0.168 e. The van der Waals surface area contributed by atoms with Crippen LogP contribution in [0.4, 0.5) is 8.78 Å². The Bertz CT molecular complexity index is 499. The molecule has 1 rings (SSSR count). The SMILES string of the molecule is CCCCCCCCC(Cc1ccc(F)cc1F)C(C)(OCC)OCC. The summed E-state index contributed by atoms with van der Waals surface area (Å²) < 4.78 is 39.3. The molecule has 2 nitrogen and oxygen atoms in total. The third kappa shape index (κ3) is 7.71. The lowest BCUT2D eigenvalue weighted by Gasteiger charge is -2.37. The summed E-state index contributed by atoms with van der Waals surface area (Å²) in [6.07, 6.45) is 8.62. The van der Waals surface area contributed by atoms with Crippen molar-refractivity contribution in [1.82, 2.24) is 0 Å². The van der Waals surface area contributed by atoms with E-state index in [-0.39, 0.29) is 5.92 Å². The predicted molar refractivity (Wildman–Crippen MR) is 103 cm³/mol. The summed E-state index contributed by atoms with van der Waals surface area (Å²) in [7, 11) is 0. The number of rotatable bonds is 14. The van der Waals surface area contributed by atoms with E-state index < -0.39 is 17.4 Å². The molecule has 1 aromatic carbocycles. The second kappa shape index (κ2) is 12.4. The highest BCUT2D eigenvalue weighted by atomic mass is 19.1. The van der Waals surface area contributed by atoms with Gasteiger partial charge in [0.2, 0.25) is 0 Å². The number of hydrogen-bond acceptors (Lipinski definition) is 2. The summed E-state index contributed by atoms with van der Waals surface area (Å²) in [4.78, 5) is 0. The molecule has 0 radical (unpaired) electrons. The van der Waals surface area contributed by atoms with Crippen LogP contribution in [-0.2, 0) is 15.9 Å². The highest BCUT2D eigenvalue weighted by Crippen LogP contribution is 2.32. The van der Waals surface area contributed by atoms with Crippen molar-refractivity contribution in [1.29, 1.82) is 0 Å². The fourth-order valence-electron chi connectivity index (χ4n) is 3.52. The first kappa shape index (κ1) is 23.0. The molecule has 26 heavy (non-hydrogen) atoms. The number of ether oxygens (including phenoxy) is 2. The summed E-state index contributed by atoms with van der Waals surface area (Å²) in [5.74, 6) is -1.77. The van der Waals surface area contributed by atoms with Gasteiger partial charge in [-0.3, -0.25) is 0 Å². The minimum atomic E-state index is -0.756. The van der Waals surface area contributed by atoms with E-state index in [0.29, 0.717) is 25.2 Å². The largest absolute Gasteiger partial charge is 0.350 e. The third-order valence-electron chi connectivity index (χ3n) is 4.99. The maximum atomic E-state index is 14.2. The van der Waals surface area contributed by atoms with Crippen molar-refractivity contribution in [3.05, 3.63) is 35.4 Å². The van der Waals surface area contributed by atoms with Crippen molar-refractivity contribution in [2.24, 2.45) is 5.92 Å². The van der Waals surface area contributed by atoms with E-state index >= 15 is 0 Å². The monoisotopic (exact) mass is 370 g/mol. The summed E-state index contributed by atoms with van der Waals surface area (Å²) in [5.41, 5.74) is 0.521. The normalized spacial score (nSPS) is 13.2. The summed E-state index contributed by atoms with van der Waals surface area (Å²) >= 11 is 0. The zero-order chi connectivity index (χ0) is 19.4. The Morgan fingerprint density at radius 2 is 1.54 bits per heavy atom. The topological polar surface area (TPSA) is 18.5 Å². The number of benzene rings is 1. The molecule has 0 bridgehead atoms. The van der Waals surface area contributed by atoms with E-state index in [4.69, 9.17) is 9.47 Å². The van der Waals surface area contributed by atoms with Crippen LogP contribution in [0.5, 0.6) is 0 Å². The maximum Gasteiger partial charge on any atom is 0.168 e. The van der Waals surface area contributed by atoms with Crippen LogP contribution in [0.3, 0.4) is 0 Å². The summed E-state index contributed by atoms with van der Waals surface area (Å²) in [6, 6.07) is 3.81. The van der Waals surface area contributed by atoms with Gasteiger partial charge in [-0.2, -0.15) is 0 Å². The Balaban J connectivity index is 2.82. The van der Waals surface area contributed by atoms with E-state index in [9.17, 15) is 8.78 Å². The second-order valence-corrected chi connectivity index (χ2v) is 7.08. The maximum absolute atomic E-state index is 14.2. The van der Waals surface area contributed by atoms with E-state index in [2.05, 4.69) is 6.92 Å². The molecule has 150 valence electrons. The number of hydrogen-bond donors (Lipinski definition) is 0. The van der Waals surface area contributed by atoms with Crippen molar-refractivity contribution >= 4 is 0 Å². The molecule has 0 N–H and O–H groups in total. The standard InChI is InChI=1S/C22H36F2O2/c1-5-8-9-10-11-12-13-19(22(4,25-6-2)26-7-3)16-18-14-15-20(23)17-21(18)24/h14-15,17,19H,5-13,16H2,1-4H3. The van der Waals surface area contributed by atoms with Crippen LogP contribution in [0.25, 0.3) is 0 Å². The Kier molecular flexibility index (Phi) is 11.0. The van der Waals surface area contributed by atoms with Crippen LogP contribution in [0.1, 0.15) is 78.2 Å². The van der Waals surface area contributed by atoms with Gasteiger partial charge >= 0.3 is 0 Å². The van der Waals surface area contributed by atoms with Gasteiger partial charge in [-0.1, -0.05) is 51.5 Å². The minimum Gasteiger partial charge on any atom is -0.350 e. The summed E-state index contributed by atoms with van der Waals surface area (Å²) in [5, 5.41) is 0. The molecule has 1 aromatic rings. The molecule has 0 saturated carbocycles. The molecule has 0 saturated heterocycles. The average Bonchev–Trinajstić information content (AvgIpc) is 2.59. The molecule has 4 heteroatoms. The first-order chi connectivity index (χ1) is 12.5. The molecule has 0 heterocycles. The van der Waals surface area contributed by atoms with Crippen molar-refractivity contribution in [2.45, 2.75) is 84.8 Å². The molecule has 0 aromatic heterocycles. The lowest BCUT2D eigenvalue weighted by molar-refractivity contribution is -0.253. The van der Waals surface area contributed by atoms with Gasteiger partial charge in [0.15, 0.2) is 5.79 Å². The molecule has 0 aliphatic carbocycles. The lowest BCUT2D eigenvalue weighted by atomic mass is 9.86. The Hall–Kier alpha value is -1.00. The summed E-state index contributed by atoms with van der Waals surface area (Å²) in [6.45, 7) is 9.12. The second-order valence-electron chi connectivity index (χ2n) is 7.08. The van der Waals surface area contributed by atoms with Crippen molar-refractivity contribution in [3.8, 4) is 0 Å². The zero-order valence-electron chi connectivity index (χ0n) is 17.0. The van der Waals surface area contributed by atoms with Crippen LogP contribution in [-0.4, -0.2) is 19.0 Å². The fraction of sp³-hybridized carbons (Fsp3) is 0.727. The molecule has 0 fully saturated rings. The number of halogens is 2. The predicted octanol–water partition coefficient (Wildman–Crippen LogP) is 6.66. The quantitative estimate of drug-likeness (QED) is 0.269. The van der Waals surface area contributed by atoms with Gasteiger partial charge in [0.05, 0.1) is 0 Å². The molecule has 0 aliphatic heterocycles. The highest BCUT2D eigenvalue weighted by Gasteiger charge is 2.35. The fourth-order valence-corrected chi connectivity index (χ4v) is 3.52. The van der Waals surface area contributed by atoms with E-state index in [1.54, 1.807) is 0 Å². The molecular weight excluding hydrogens is 334 g/mol. The van der Waals surface area contributed by atoms with Gasteiger partial charge < -0.3 is 9.47 Å². The highest BCUT2D eigenvalue weighted by molar-refractivity contribution is 5.19. The van der Waals surface area contributed by atoms with Crippen molar-refractivity contribution in [2.75, 3.05) is 13.2 Å². The van der Waals surface area contributed by atoms with Crippen LogP contribution < -0.4 is 0 Å². The van der Waals surface area contributed by atoms with Crippen LogP contribution >= 0.6 is 0 Å². The molecule has 0 spiro atoms. The first-order valence-electron chi connectivity index (χ1n) is 10.2. The van der Waals surface area contributed by atoms with Gasteiger partial charge in [-0.15, -0.1) is 0 Å². The van der Waals surface area contributed by atoms with Crippen molar-refractivity contribution in [3.63, 3.8) is 0 Å². The third-order valence-corrected chi connectivity index (χ3v) is 4.99. The van der Waals surface area contributed by atoms with Crippen molar-refractivity contribution < 1.29 is 18.3 Å². The Morgan fingerprint density at radius 1 is 0.923 bits per heavy atom. The lowest BCUT2D eigenvalue weighted by Crippen LogP contribution is -2.42. The first-order valence-corrected chi connectivity index (χ1v) is 10.2. The molecule has 0 aliphatic rings. The molecule has 1 atom stereocenters. The molecule has 0 amide bonds. The molecular formula is C22H36F2O2. The van der Waals surface area contributed by atoms with Crippen LogP contribution in [0, 0.1) is 17.6 Å². The van der Waals surface area contributed by atoms with Gasteiger partial charge in [0, 0.05) is 25.2 Å². The van der Waals surface area contributed by atoms with Gasteiger partial charge in [-0.25, -0.2) is 8.78 Å². The van der Waals surface area contributed by atoms with Gasteiger partial charge in [0.25, 0.3) is 0 Å². The van der Waals surface area contributed by atoms with Gasteiger partial charge in [-0.05, 0) is 45.2 Å². The van der Waals surface area contributed by atoms with Crippen LogP contribution in [0.2, 0.25) is 0 Å². The van der Waals surface area contributed by atoms with Crippen LogP contribution in [0.15, 0.2) is 18.2 Å². The van der Waals surface area contributed by atoms with E-state index in [1.165, 1.54) is 37.8 Å². The molecule has 1 unspecified atom stereocenters. The average molecular weight is 371 g/mol.